The molecule has 0 saturated carbocycles. The second-order valence-electron chi connectivity index (χ2n) is 4.53. The zero-order valence-electron chi connectivity index (χ0n) is 12.5. The van der Waals surface area contributed by atoms with Crippen molar-refractivity contribution in [2.75, 3.05) is 11.9 Å². The van der Waals surface area contributed by atoms with Gasteiger partial charge >= 0.3 is 0 Å². The molecule has 2 rings (SSSR count). The molecule has 1 aromatic heterocycles. The second kappa shape index (κ2) is 7.72. The number of amides is 1. The number of aryl methyl sites for hydroxylation is 1. The highest BCUT2D eigenvalue weighted by molar-refractivity contribution is 7.09. The van der Waals surface area contributed by atoms with E-state index < -0.39 is 0 Å². The van der Waals surface area contributed by atoms with Crippen molar-refractivity contribution in [3.8, 4) is 5.75 Å². The lowest BCUT2D eigenvalue weighted by Gasteiger charge is -2.10. The standard InChI is InChI=1S/C16H18N2O3S/c1-3-21-15-6-4-13(8-12(15)9-19)18-16(20)7-5-14-10-22-11(2)17-14/h4-8,10,19H,3,9H2,1-2H3,(H,18,20)/b7-5+. The first-order valence-electron chi connectivity index (χ1n) is 6.90. The minimum absolute atomic E-state index is 0.146. The smallest absolute Gasteiger partial charge is 0.248 e. The van der Waals surface area contributed by atoms with Crippen molar-refractivity contribution >= 4 is 29.0 Å². The lowest BCUT2D eigenvalue weighted by atomic mass is 10.2. The molecule has 0 aliphatic heterocycles. The molecule has 2 aromatic rings. The minimum Gasteiger partial charge on any atom is -0.494 e. The number of rotatable bonds is 6. The van der Waals surface area contributed by atoms with Gasteiger partial charge in [-0.3, -0.25) is 4.79 Å². The lowest BCUT2D eigenvalue weighted by Crippen LogP contribution is -2.08. The molecule has 6 heteroatoms. The van der Waals surface area contributed by atoms with Crippen molar-refractivity contribution in [1.29, 1.82) is 0 Å². The van der Waals surface area contributed by atoms with E-state index in [2.05, 4.69) is 10.3 Å². The van der Waals surface area contributed by atoms with E-state index in [1.54, 1.807) is 24.3 Å². The van der Waals surface area contributed by atoms with Gasteiger partial charge in [0.1, 0.15) is 5.75 Å². The molecule has 116 valence electrons. The molecule has 0 saturated heterocycles. The minimum atomic E-state index is -0.251. The van der Waals surface area contributed by atoms with Crippen LogP contribution in [-0.2, 0) is 11.4 Å². The van der Waals surface area contributed by atoms with Gasteiger partial charge in [0.05, 0.1) is 23.9 Å². The molecule has 22 heavy (non-hydrogen) atoms. The van der Waals surface area contributed by atoms with E-state index in [0.29, 0.717) is 23.6 Å². The predicted octanol–water partition coefficient (Wildman–Crippen LogP) is 2.99. The first-order valence-corrected chi connectivity index (χ1v) is 7.78. The number of hydrogen-bond acceptors (Lipinski definition) is 5. The SMILES string of the molecule is CCOc1ccc(NC(=O)/C=C/c2csc(C)n2)cc1CO. The Morgan fingerprint density at radius 3 is 2.95 bits per heavy atom. The number of ether oxygens (including phenoxy) is 1. The molecule has 1 amide bonds. The molecule has 0 aliphatic carbocycles. The zero-order valence-corrected chi connectivity index (χ0v) is 13.3. The largest absolute Gasteiger partial charge is 0.494 e. The van der Waals surface area contributed by atoms with Crippen LogP contribution in [0.3, 0.4) is 0 Å². The van der Waals surface area contributed by atoms with Gasteiger partial charge in [-0.05, 0) is 38.1 Å². The van der Waals surface area contributed by atoms with Crippen molar-refractivity contribution in [1.82, 2.24) is 4.98 Å². The van der Waals surface area contributed by atoms with E-state index in [4.69, 9.17) is 4.74 Å². The van der Waals surface area contributed by atoms with Crippen LogP contribution in [0, 0.1) is 6.92 Å². The molecular weight excluding hydrogens is 300 g/mol. The number of aliphatic hydroxyl groups excluding tert-OH is 1. The van der Waals surface area contributed by atoms with Gasteiger partial charge < -0.3 is 15.2 Å². The van der Waals surface area contributed by atoms with Crippen molar-refractivity contribution in [2.45, 2.75) is 20.5 Å². The average Bonchev–Trinajstić information content (AvgIpc) is 2.92. The van der Waals surface area contributed by atoms with Crippen LogP contribution in [0.4, 0.5) is 5.69 Å². The summed E-state index contributed by atoms with van der Waals surface area (Å²) in [5.41, 5.74) is 2.01. The molecule has 0 aliphatic rings. The highest BCUT2D eigenvalue weighted by atomic mass is 32.1. The molecule has 5 nitrogen and oxygen atoms in total. The molecule has 0 unspecified atom stereocenters. The van der Waals surface area contributed by atoms with Crippen LogP contribution in [0.25, 0.3) is 6.08 Å². The van der Waals surface area contributed by atoms with Crippen LogP contribution >= 0.6 is 11.3 Å². The van der Waals surface area contributed by atoms with Gasteiger partial charge in [-0.25, -0.2) is 4.98 Å². The summed E-state index contributed by atoms with van der Waals surface area (Å²) in [6, 6.07) is 5.17. The first kappa shape index (κ1) is 16.2. The van der Waals surface area contributed by atoms with Crippen molar-refractivity contribution < 1.29 is 14.6 Å². The summed E-state index contributed by atoms with van der Waals surface area (Å²) in [6.45, 7) is 4.17. The third kappa shape index (κ3) is 4.41. The van der Waals surface area contributed by atoms with E-state index in [1.807, 2.05) is 19.2 Å². The van der Waals surface area contributed by atoms with Gasteiger partial charge in [0.25, 0.3) is 0 Å². The van der Waals surface area contributed by atoms with Gasteiger partial charge in [0.15, 0.2) is 0 Å². The number of anilines is 1. The second-order valence-corrected chi connectivity index (χ2v) is 5.59. The normalized spacial score (nSPS) is 10.9. The number of hydrogen-bond donors (Lipinski definition) is 2. The predicted molar refractivity (Wildman–Crippen MR) is 88.0 cm³/mol. The van der Waals surface area contributed by atoms with Crippen LogP contribution in [0.1, 0.15) is 23.2 Å². The number of carbonyl (C=O) groups excluding carboxylic acids is 1. The fraction of sp³-hybridized carbons (Fsp3) is 0.250. The van der Waals surface area contributed by atoms with Crippen LogP contribution < -0.4 is 10.1 Å². The third-order valence-corrected chi connectivity index (χ3v) is 3.63. The fourth-order valence-electron chi connectivity index (χ4n) is 1.88. The highest BCUT2D eigenvalue weighted by Crippen LogP contribution is 2.23. The number of nitrogens with one attached hydrogen (secondary N) is 1. The summed E-state index contributed by atoms with van der Waals surface area (Å²) in [5, 5.41) is 14.9. The van der Waals surface area contributed by atoms with Gasteiger partial charge in [0, 0.05) is 22.7 Å². The van der Waals surface area contributed by atoms with Gasteiger partial charge in [0.2, 0.25) is 5.91 Å². The number of aromatic nitrogens is 1. The third-order valence-electron chi connectivity index (χ3n) is 2.84. The van der Waals surface area contributed by atoms with Crippen LogP contribution in [0.5, 0.6) is 5.75 Å². The topological polar surface area (TPSA) is 71.5 Å². The summed E-state index contributed by atoms with van der Waals surface area (Å²) >= 11 is 1.54. The summed E-state index contributed by atoms with van der Waals surface area (Å²) in [5.74, 6) is 0.371. The Morgan fingerprint density at radius 1 is 1.50 bits per heavy atom. The van der Waals surface area contributed by atoms with Crippen LogP contribution in [0.15, 0.2) is 29.7 Å². The maximum absolute atomic E-state index is 11.9. The van der Waals surface area contributed by atoms with Crippen molar-refractivity contribution in [3.05, 3.63) is 45.9 Å². The number of thiazole rings is 1. The molecule has 1 heterocycles. The summed E-state index contributed by atoms with van der Waals surface area (Å²) in [6.07, 6.45) is 3.10. The average molecular weight is 318 g/mol. The molecule has 1 aromatic carbocycles. The van der Waals surface area contributed by atoms with Crippen LogP contribution in [-0.4, -0.2) is 22.6 Å². The van der Waals surface area contributed by atoms with Crippen LogP contribution in [0.2, 0.25) is 0 Å². The number of aliphatic hydroxyl groups is 1. The fourth-order valence-corrected chi connectivity index (χ4v) is 2.46. The molecule has 0 fully saturated rings. The maximum atomic E-state index is 11.9. The van der Waals surface area contributed by atoms with E-state index in [1.165, 1.54) is 17.4 Å². The summed E-state index contributed by atoms with van der Waals surface area (Å²) in [4.78, 5) is 16.1. The van der Waals surface area contributed by atoms with E-state index in [9.17, 15) is 9.90 Å². The van der Waals surface area contributed by atoms with Gasteiger partial charge in [-0.15, -0.1) is 11.3 Å². The monoisotopic (exact) mass is 318 g/mol. The van der Waals surface area contributed by atoms with E-state index in [-0.39, 0.29) is 12.5 Å². The molecular formula is C16H18N2O3S. The number of nitrogens with zero attached hydrogens (tertiary/aromatic N) is 1. The Kier molecular flexibility index (Phi) is 5.68. The molecule has 0 spiro atoms. The number of carbonyl (C=O) groups is 1. The molecule has 0 bridgehead atoms. The Balaban J connectivity index is 2.03. The molecule has 0 radical (unpaired) electrons. The van der Waals surface area contributed by atoms with Crippen molar-refractivity contribution in [3.63, 3.8) is 0 Å². The number of benzene rings is 1. The maximum Gasteiger partial charge on any atom is 0.248 e. The molecule has 2 N–H and O–H groups in total. The van der Waals surface area contributed by atoms with E-state index in [0.717, 1.165) is 10.7 Å². The quantitative estimate of drug-likeness (QED) is 0.803. The lowest BCUT2D eigenvalue weighted by molar-refractivity contribution is -0.111. The Bertz CT molecular complexity index is 680. The van der Waals surface area contributed by atoms with Gasteiger partial charge in [-0.2, -0.15) is 0 Å². The molecule has 0 atom stereocenters. The Hall–Kier alpha value is -2.18. The van der Waals surface area contributed by atoms with E-state index >= 15 is 0 Å². The highest BCUT2D eigenvalue weighted by Gasteiger charge is 2.05. The zero-order chi connectivity index (χ0) is 15.9. The summed E-state index contributed by atoms with van der Waals surface area (Å²) in [7, 11) is 0. The first-order chi connectivity index (χ1) is 10.6. The van der Waals surface area contributed by atoms with Gasteiger partial charge in [-0.1, -0.05) is 0 Å². The Labute approximate surface area is 133 Å². The summed E-state index contributed by atoms with van der Waals surface area (Å²) < 4.78 is 5.40. The Morgan fingerprint density at radius 2 is 2.32 bits per heavy atom. The van der Waals surface area contributed by atoms with Crippen molar-refractivity contribution in [2.24, 2.45) is 0 Å².